The Hall–Kier alpha value is -0.980. The number of phenols is 1. The predicted molar refractivity (Wildman–Crippen MR) is 52.8 cm³/mol. The molecule has 1 aromatic rings. The molecule has 1 nitrogen and oxygen atoms in total. The van der Waals surface area contributed by atoms with Crippen molar-refractivity contribution in [2.75, 3.05) is 0 Å². The summed E-state index contributed by atoms with van der Waals surface area (Å²) in [5, 5.41) is 9.63. The van der Waals surface area contributed by atoms with Crippen molar-refractivity contribution in [2.45, 2.75) is 38.0 Å². The lowest BCUT2D eigenvalue weighted by Crippen LogP contribution is -2.04. The van der Waals surface area contributed by atoms with Crippen LogP contribution in [-0.2, 0) is 0 Å². The van der Waals surface area contributed by atoms with E-state index in [1.165, 1.54) is 32.1 Å². The van der Waals surface area contributed by atoms with E-state index < -0.39 is 0 Å². The Balaban J connectivity index is 2.18. The monoisotopic (exact) mass is 175 g/mol. The van der Waals surface area contributed by atoms with Gasteiger partial charge in [-0.1, -0.05) is 31.4 Å². The van der Waals surface area contributed by atoms with E-state index in [-0.39, 0.29) is 0 Å². The molecule has 1 radical (unpaired) electrons. The van der Waals surface area contributed by atoms with Crippen molar-refractivity contribution in [1.82, 2.24) is 0 Å². The smallest absolute Gasteiger partial charge is 0.119 e. The van der Waals surface area contributed by atoms with Gasteiger partial charge in [0.05, 0.1) is 0 Å². The van der Waals surface area contributed by atoms with Crippen molar-refractivity contribution in [3.8, 4) is 5.75 Å². The largest absolute Gasteiger partial charge is 0.508 e. The molecule has 0 saturated heterocycles. The summed E-state index contributed by atoms with van der Waals surface area (Å²) < 4.78 is 0. The summed E-state index contributed by atoms with van der Waals surface area (Å²) in [5.74, 6) is 1.01. The molecule has 1 heteroatoms. The van der Waals surface area contributed by atoms with Crippen LogP contribution in [0.2, 0.25) is 0 Å². The Kier molecular flexibility index (Phi) is 2.53. The van der Waals surface area contributed by atoms with Crippen molar-refractivity contribution in [3.63, 3.8) is 0 Å². The molecular formula is C12H15O. The third kappa shape index (κ3) is 1.85. The van der Waals surface area contributed by atoms with Gasteiger partial charge in [0.15, 0.2) is 0 Å². The van der Waals surface area contributed by atoms with E-state index in [1.54, 1.807) is 6.07 Å². The summed E-state index contributed by atoms with van der Waals surface area (Å²) >= 11 is 0. The molecule has 0 aliphatic heterocycles. The van der Waals surface area contributed by atoms with Crippen LogP contribution in [0.1, 0.15) is 43.6 Å². The maximum atomic E-state index is 9.63. The molecule has 0 aromatic heterocycles. The second-order valence-corrected chi connectivity index (χ2v) is 3.82. The third-order valence-corrected chi connectivity index (χ3v) is 2.92. The van der Waals surface area contributed by atoms with E-state index in [2.05, 4.69) is 6.07 Å². The third-order valence-electron chi connectivity index (χ3n) is 2.92. The highest BCUT2D eigenvalue weighted by molar-refractivity contribution is 5.34. The van der Waals surface area contributed by atoms with E-state index >= 15 is 0 Å². The summed E-state index contributed by atoms with van der Waals surface area (Å²) in [6, 6.07) is 8.46. The van der Waals surface area contributed by atoms with Gasteiger partial charge in [-0.25, -0.2) is 0 Å². The molecule has 0 atom stereocenters. The van der Waals surface area contributed by atoms with Crippen LogP contribution in [0.4, 0.5) is 0 Å². The quantitative estimate of drug-likeness (QED) is 0.694. The van der Waals surface area contributed by atoms with Gasteiger partial charge in [-0.3, -0.25) is 0 Å². The maximum Gasteiger partial charge on any atom is 0.119 e. The minimum Gasteiger partial charge on any atom is -0.508 e. The summed E-state index contributed by atoms with van der Waals surface area (Å²) in [6.07, 6.45) is 6.44. The average molecular weight is 175 g/mol. The Morgan fingerprint density at radius 1 is 1.23 bits per heavy atom. The van der Waals surface area contributed by atoms with Crippen molar-refractivity contribution in [1.29, 1.82) is 0 Å². The molecule has 1 aliphatic carbocycles. The highest BCUT2D eigenvalue weighted by atomic mass is 16.3. The minimum absolute atomic E-state index is 0.425. The summed E-state index contributed by atoms with van der Waals surface area (Å²) in [4.78, 5) is 0. The van der Waals surface area contributed by atoms with E-state index in [4.69, 9.17) is 0 Å². The molecular weight excluding hydrogens is 160 g/mol. The van der Waals surface area contributed by atoms with Crippen molar-refractivity contribution in [3.05, 3.63) is 29.8 Å². The molecule has 1 fully saturated rings. The lowest BCUT2D eigenvalue weighted by atomic mass is 9.84. The lowest BCUT2D eigenvalue weighted by Gasteiger charge is -2.22. The average Bonchev–Trinajstić information content (AvgIpc) is 2.20. The van der Waals surface area contributed by atoms with Crippen LogP contribution in [0.15, 0.2) is 18.2 Å². The first-order valence-corrected chi connectivity index (χ1v) is 5.07. The van der Waals surface area contributed by atoms with Gasteiger partial charge in [-0.05, 0) is 36.5 Å². The van der Waals surface area contributed by atoms with E-state index in [0.717, 1.165) is 5.56 Å². The number of hydrogen-bond donors (Lipinski definition) is 1. The van der Waals surface area contributed by atoms with Crippen LogP contribution < -0.4 is 0 Å². The number of rotatable bonds is 1. The molecule has 0 bridgehead atoms. The Bertz CT molecular complexity index is 274. The zero-order chi connectivity index (χ0) is 9.10. The number of aromatic hydroxyl groups is 1. The second-order valence-electron chi connectivity index (χ2n) is 3.82. The zero-order valence-corrected chi connectivity index (χ0v) is 7.79. The molecule has 0 amide bonds. The first kappa shape index (κ1) is 8.61. The fourth-order valence-electron chi connectivity index (χ4n) is 2.19. The van der Waals surface area contributed by atoms with Crippen LogP contribution >= 0.6 is 0 Å². The minimum atomic E-state index is 0.425. The molecule has 1 aliphatic rings. The van der Waals surface area contributed by atoms with Crippen molar-refractivity contribution in [2.24, 2.45) is 0 Å². The SMILES string of the molecule is Oc1c[c]ccc1C1CCCCC1. The van der Waals surface area contributed by atoms with Gasteiger partial charge in [0, 0.05) is 0 Å². The summed E-state index contributed by atoms with van der Waals surface area (Å²) in [6.45, 7) is 0. The van der Waals surface area contributed by atoms with Crippen LogP contribution in [0.25, 0.3) is 0 Å². The standard InChI is InChI=1S/C12H15O/c13-12-9-5-4-8-11(12)10-6-2-1-3-7-10/h4,8-10,13H,1-3,6-7H2. The van der Waals surface area contributed by atoms with Crippen LogP contribution in [0, 0.1) is 6.07 Å². The molecule has 1 aromatic carbocycles. The van der Waals surface area contributed by atoms with Gasteiger partial charge in [0.2, 0.25) is 0 Å². The molecule has 0 unspecified atom stereocenters. The molecule has 0 spiro atoms. The first-order valence-electron chi connectivity index (χ1n) is 5.07. The fourth-order valence-corrected chi connectivity index (χ4v) is 2.19. The number of benzene rings is 1. The molecule has 1 saturated carbocycles. The number of phenolic OH excluding ortho intramolecular Hbond substituents is 1. The van der Waals surface area contributed by atoms with Gasteiger partial charge in [-0.2, -0.15) is 0 Å². The topological polar surface area (TPSA) is 20.2 Å². The number of hydrogen-bond acceptors (Lipinski definition) is 1. The summed E-state index contributed by atoms with van der Waals surface area (Å²) in [7, 11) is 0. The Labute approximate surface area is 79.4 Å². The van der Waals surface area contributed by atoms with Crippen molar-refractivity contribution < 1.29 is 5.11 Å². The Morgan fingerprint density at radius 3 is 2.69 bits per heavy atom. The van der Waals surface area contributed by atoms with Gasteiger partial charge in [0.25, 0.3) is 0 Å². The van der Waals surface area contributed by atoms with E-state index in [9.17, 15) is 5.11 Å². The summed E-state index contributed by atoms with van der Waals surface area (Å²) in [5.41, 5.74) is 1.12. The van der Waals surface area contributed by atoms with E-state index in [1.807, 2.05) is 12.1 Å². The van der Waals surface area contributed by atoms with Crippen LogP contribution in [-0.4, -0.2) is 5.11 Å². The van der Waals surface area contributed by atoms with Crippen LogP contribution in [0.3, 0.4) is 0 Å². The zero-order valence-electron chi connectivity index (χ0n) is 7.79. The lowest BCUT2D eigenvalue weighted by molar-refractivity contribution is 0.414. The fraction of sp³-hybridized carbons (Fsp3) is 0.500. The van der Waals surface area contributed by atoms with Gasteiger partial charge in [-0.15, -0.1) is 0 Å². The molecule has 2 rings (SSSR count). The first-order chi connectivity index (χ1) is 6.38. The molecule has 13 heavy (non-hydrogen) atoms. The Morgan fingerprint density at radius 2 is 2.00 bits per heavy atom. The van der Waals surface area contributed by atoms with Gasteiger partial charge < -0.3 is 5.11 Å². The predicted octanol–water partition coefficient (Wildman–Crippen LogP) is 3.24. The second kappa shape index (κ2) is 3.82. The molecule has 69 valence electrons. The van der Waals surface area contributed by atoms with E-state index in [0.29, 0.717) is 11.7 Å². The highest BCUT2D eigenvalue weighted by Gasteiger charge is 2.17. The molecule has 0 heterocycles. The highest BCUT2D eigenvalue weighted by Crippen LogP contribution is 2.36. The maximum absolute atomic E-state index is 9.63. The molecule has 1 N–H and O–H groups in total. The van der Waals surface area contributed by atoms with Gasteiger partial charge >= 0.3 is 0 Å². The van der Waals surface area contributed by atoms with Crippen molar-refractivity contribution >= 4 is 0 Å². The van der Waals surface area contributed by atoms with Crippen LogP contribution in [0.5, 0.6) is 5.75 Å². The van der Waals surface area contributed by atoms with Gasteiger partial charge in [0.1, 0.15) is 5.75 Å². The normalized spacial score (nSPS) is 18.8.